The zero-order valence-electron chi connectivity index (χ0n) is 11.3. The Labute approximate surface area is 103 Å². The first-order chi connectivity index (χ1) is 7.89. The van der Waals surface area contributed by atoms with Gasteiger partial charge in [0.1, 0.15) is 0 Å². The third-order valence-corrected chi connectivity index (χ3v) is 2.98. The molecule has 0 aromatic carbocycles. The predicted molar refractivity (Wildman–Crippen MR) is 72.3 cm³/mol. The fourth-order valence-electron chi connectivity index (χ4n) is 2.07. The normalized spacial score (nSPS) is 12.4. The van der Waals surface area contributed by atoms with Crippen molar-refractivity contribution in [1.82, 2.24) is 9.97 Å². The van der Waals surface area contributed by atoms with Crippen LogP contribution in [0.2, 0.25) is 0 Å². The minimum atomic E-state index is 0.0731. The number of fused-ring (bicyclic) bond motifs is 1. The standard InChI is InChI=1S/C15H20N2/c1-10(2)12-8-11-6-7-16-9-13(11)17-14(12)15(3,4)5/h6-10H,1-5H3. The molecule has 17 heavy (non-hydrogen) atoms. The average Bonchev–Trinajstić information content (AvgIpc) is 2.26. The number of pyridine rings is 2. The maximum absolute atomic E-state index is 4.81. The van der Waals surface area contributed by atoms with Gasteiger partial charge in [-0.15, -0.1) is 0 Å². The van der Waals surface area contributed by atoms with Crippen molar-refractivity contribution in [3.05, 3.63) is 35.8 Å². The molecule has 0 N–H and O–H groups in total. The number of hydrogen-bond donors (Lipinski definition) is 0. The van der Waals surface area contributed by atoms with Crippen molar-refractivity contribution in [3.8, 4) is 0 Å². The third-order valence-electron chi connectivity index (χ3n) is 2.98. The molecule has 0 amide bonds. The highest BCUT2D eigenvalue weighted by Crippen LogP contribution is 2.31. The molecule has 0 saturated carbocycles. The first kappa shape index (κ1) is 12.0. The summed E-state index contributed by atoms with van der Waals surface area (Å²) >= 11 is 0. The number of rotatable bonds is 1. The number of nitrogens with zero attached hydrogens (tertiary/aromatic N) is 2. The largest absolute Gasteiger partial charge is 0.262 e. The molecule has 0 aliphatic carbocycles. The lowest BCUT2D eigenvalue weighted by Crippen LogP contribution is -2.17. The molecule has 90 valence electrons. The monoisotopic (exact) mass is 228 g/mol. The van der Waals surface area contributed by atoms with E-state index in [4.69, 9.17) is 4.98 Å². The summed E-state index contributed by atoms with van der Waals surface area (Å²) in [7, 11) is 0. The molecular formula is C15H20N2. The van der Waals surface area contributed by atoms with Gasteiger partial charge in [0, 0.05) is 22.7 Å². The fraction of sp³-hybridized carbons (Fsp3) is 0.467. The van der Waals surface area contributed by atoms with E-state index in [9.17, 15) is 0 Å². The van der Waals surface area contributed by atoms with Gasteiger partial charge in [-0.25, -0.2) is 0 Å². The van der Waals surface area contributed by atoms with E-state index in [-0.39, 0.29) is 5.41 Å². The Balaban J connectivity index is 2.75. The molecule has 0 bridgehead atoms. The van der Waals surface area contributed by atoms with Gasteiger partial charge < -0.3 is 0 Å². The van der Waals surface area contributed by atoms with Gasteiger partial charge in [0.05, 0.1) is 11.7 Å². The van der Waals surface area contributed by atoms with Crippen LogP contribution in [0, 0.1) is 0 Å². The summed E-state index contributed by atoms with van der Waals surface area (Å²) < 4.78 is 0. The highest BCUT2D eigenvalue weighted by molar-refractivity contribution is 5.78. The molecule has 2 aromatic rings. The van der Waals surface area contributed by atoms with E-state index in [1.807, 2.05) is 18.5 Å². The molecule has 0 fully saturated rings. The van der Waals surface area contributed by atoms with E-state index >= 15 is 0 Å². The Morgan fingerprint density at radius 3 is 2.47 bits per heavy atom. The molecule has 0 saturated heterocycles. The minimum absolute atomic E-state index is 0.0731. The van der Waals surface area contributed by atoms with E-state index in [2.05, 4.69) is 45.7 Å². The van der Waals surface area contributed by atoms with Gasteiger partial charge >= 0.3 is 0 Å². The first-order valence-electron chi connectivity index (χ1n) is 6.15. The second kappa shape index (κ2) is 4.10. The highest BCUT2D eigenvalue weighted by atomic mass is 14.8. The van der Waals surface area contributed by atoms with Crippen LogP contribution in [0.15, 0.2) is 24.5 Å². The van der Waals surface area contributed by atoms with Crippen molar-refractivity contribution >= 4 is 10.9 Å². The molecule has 2 aromatic heterocycles. The van der Waals surface area contributed by atoms with Crippen LogP contribution in [0.1, 0.15) is 51.8 Å². The lowest BCUT2D eigenvalue weighted by atomic mass is 9.84. The minimum Gasteiger partial charge on any atom is -0.262 e. The molecule has 2 rings (SSSR count). The van der Waals surface area contributed by atoms with Crippen LogP contribution in [-0.2, 0) is 5.41 Å². The third kappa shape index (κ3) is 2.31. The molecule has 0 radical (unpaired) electrons. The zero-order valence-corrected chi connectivity index (χ0v) is 11.3. The lowest BCUT2D eigenvalue weighted by molar-refractivity contribution is 0.558. The predicted octanol–water partition coefficient (Wildman–Crippen LogP) is 4.05. The summed E-state index contributed by atoms with van der Waals surface area (Å²) in [5, 5.41) is 1.18. The zero-order chi connectivity index (χ0) is 12.6. The molecule has 2 heteroatoms. The van der Waals surface area contributed by atoms with Crippen molar-refractivity contribution in [1.29, 1.82) is 0 Å². The van der Waals surface area contributed by atoms with Gasteiger partial charge in [-0.2, -0.15) is 0 Å². The van der Waals surface area contributed by atoms with E-state index in [1.165, 1.54) is 16.6 Å². The molecule has 0 atom stereocenters. The smallest absolute Gasteiger partial charge is 0.0888 e. The maximum atomic E-state index is 4.81. The van der Waals surface area contributed by atoms with Crippen LogP contribution >= 0.6 is 0 Å². The Morgan fingerprint density at radius 2 is 1.88 bits per heavy atom. The van der Waals surface area contributed by atoms with Crippen molar-refractivity contribution in [2.24, 2.45) is 0 Å². The fourth-order valence-corrected chi connectivity index (χ4v) is 2.07. The second-order valence-corrected chi connectivity index (χ2v) is 5.90. The number of hydrogen-bond acceptors (Lipinski definition) is 2. The van der Waals surface area contributed by atoms with Crippen LogP contribution in [0.4, 0.5) is 0 Å². The molecule has 0 unspecified atom stereocenters. The molecule has 2 heterocycles. The Hall–Kier alpha value is -1.44. The lowest BCUT2D eigenvalue weighted by Gasteiger charge is -2.24. The van der Waals surface area contributed by atoms with E-state index in [1.54, 1.807) is 0 Å². The summed E-state index contributed by atoms with van der Waals surface area (Å²) in [4.78, 5) is 8.95. The summed E-state index contributed by atoms with van der Waals surface area (Å²) in [6.45, 7) is 11.1. The van der Waals surface area contributed by atoms with Crippen LogP contribution in [0.3, 0.4) is 0 Å². The quantitative estimate of drug-likeness (QED) is 0.736. The van der Waals surface area contributed by atoms with Gasteiger partial charge in [0.2, 0.25) is 0 Å². The van der Waals surface area contributed by atoms with Crippen molar-refractivity contribution in [2.45, 2.75) is 46.0 Å². The highest BCUT2D eigenvalue weighted by Gasteiger charge is 2.21. The average molecular weight is 228 g/mol. The number of aromatic nitrogens is 2. The van der Waals surface area contributed by atoms with Crippen LogP contribution in [-0.4, -0.2) is 9.97 Å². The van der Waals surface area contributed by atoms with Crippen LogP contribution in [0.25, 0.3) is 10.9 Å². The molecule has 0 aliphatic heterocycles. The first-order valence-corrected chi connectivity index (χ1v) is 6.15. The van der Waals surface area contributed by atoms with E-state index in [0.29, 0.717) is 5.92 Å². The van der Waals surface area contributed by atoms with Crippen LogP contribution < -0.4 is 0 Å². The Morgan fingerprint density at radius 1 is 1.18 bits per heavy atom. The van der Waals surface area contributed by atoms with Crippen molar-refractivity contribution in [3.63, 3.8) is 0 Å². The summed E-state index contributed by atoms with van der Waals surface area (Å²) in [5.74, 6) is 0.495. The Kier molecular flexibility index (Phi) is 2.90. The van der Waals surface area contributed by atoms with Gasteiger partial charge in [-0.3, -0.25) is 9.97 Å². The van der Waals surface area contributed by atoms with Crippen LogP contribution in [0.5, 0.6) is 0 Å². The van der Waals surface area contributed by atoms with Gasteiger partial charge in [0.15, 0.2) is 0 Å². The topological polar surface area (TPSA) is 25.8 Å². The molecule has 0 spiro atoms. The summed E-state index contributed by atoms with van der Waals surface area (Å²) in [6, 6.07) is 4.29. The van der Waals surface area contributed by atoms with Crippen molar-refractivity contribution in [2.75, 3.05) is 0 Å². The molecule has 2 nitrogen and oxygen atoms in total. The van der Waals surface area contributed by atoms with Gasteiger partial charge in [-0.05, 0) is 23.6 Å². The summed E-state index contributed by atoms with van der Waals surface area (Å²) in [6.07, 6.45) is 3.67. The summed E-state index contributed by atoms with van der Waals surface area (Å²) in [5.41, 5.74) is 3.59. The Bertz CT molecular complexity index is 536. The molecular weight excluding hydrogens is 208 g/mol. The maximum Gasteiger partial charge on any atom is 0.0888 e. The second-order valence-electron chi connectivity index (χ2n) is 5.90. The molecule has 0 aliphatic rings. The van der Waals surface area contributed by atoms with E-state index in [0.717, 1.165) is 5.52 Å². The van der Waals surface area contributed by atoms with E-state index < -0.39 is 0 Å². The van der Waals surface area contributed by atoms with Crippen molar-refractivity contribution < 1.29 is 0 Å². The SMILES string of the molecule is CC(C)c1cc2ccncc2nc1C(C)(C)C. The van der Waals surface area contributed by atoms with Gasteiger partial charge in [-0.1, -0.05) is 34.6 Å². The van der Waals surface area contributed by atoms with Gasteiger partial charge in [0.25, 0.3) is 0 Å².